The van der Waals surface area contributed by atoms with Crippen molar-refractivity contribution in [1.29, 1.82) is 0 Å². The van der Waals surface area contributed by atoms with Gasteiger partial charge in [-0.2, -0.15) is 5.10 Å². The summed E-state index contributed by atoms with van der Waals surface area (Å²) < 4.78 is 5.34. The predicted octanol–water partition coefficient (Wildman–Crippen LogP) is 0.909. The summed E-state index contributed by atoms with van der Waals surface area (Å²) in [5.74, 6) is -0.193. The number of rotatable bonds is 4. The fourth-order valence-electron chi connectivity index (χ4n) is 3.60. The summed E-state index contributed by atoms with van der Waals surface area (Å²) in [7, 11) is 0. The zero-order valence-electron chi connectivity index (χ0n) is 15.3. The second kappa shape index (κ2) is 7.50. The van der Waals surface area contributed by atoms with E-state index in [0.717, 1.165) is 55.2 Å². The van der Waals surface area contributed by atoms with E-state index in [1.807, 2.05) is 6.07 Å². The fourth-order valence-corrected chi connectivity index (χ4v) is 3.60. The number of carbonyl (C=O) groups excluding carboxylic acids is 2. The van der Waals surface area contributed by atoms with E-state index in [0.29, 0.717) is 18.7 Å². The van der Waals surface area contributed by atoms with E-state index in [2.05, 4.69) is 20.4 Å². The Balaban J connectivity index is 1.54. The zero-order valence-corrected chi connectivity index (χ0v) is 15.3. The average molecular weight is 369 g/mol. The Bertz CT molecular complexity index is 853. The van der Waals surface area contributed by atoms with Gasteiger partial charge in [0, 0.05) is 62.2 Å². The van der Waals surface area contributed by atoms with Gasteiger partial charge in [0.2, 0.25) is 5.91 Å². The van der Waals surface area contributed by atoms with Gasteiger partial charge < -0.3 is 15.0 Å². The van der Waals surface area contributed by atoms with Gasteiger partial charge in [-0.25, -0.2) is 0 Å². The van der Waals surface area contributed by atoms with Crippen LogP contribution in [-0.4, -0.2) is 71.2 Å². The molecule has 3 aliphatic heterocycles. The van der Waals surface area contributed by atoms with Crippen LogP contribution in [0.25, 0.3) is 17.2 Å². The first kappa shape index (κ1) is 17.7. The average Bonchev–Trinajstić information content (AvgIpc) is 2.92. The minimum Gasteiger partial charge on any atom is -0.379 e. The lowest BCUT2D eigenvalue weighted by Crippen LogP contribution is -2.41. The monoisotopic (exact) mass is 369 g/mol. The second-order valence-corrected chi connectivity index (χ2v) is 6.81. The van der Waals surface area contributed by atoms with Crippen LogP contribution in [0, 0.1) is 0 Å². The van der Waals surface area contributed by atoms with Gasteiger partial charge in [-0.1, -0.05) is 0 Å². The highest BCUT2D eigenvalue weighted by molar-refractivity contribution is 6.01. The minimum atomic E-state index is -0.120. The summed E-state index contributed by atoms with van der Waals surface area (Å²) in [4.78, 5) is 28.6. The van der Waals surface area contributed by atoms with Gasteiger partial charge in [0.1, 0.15) is 0 Å². The number of nitrogens with zero attached hydrogens (tertiary/aromatic N) is 3. The molecule has 0 aromatic heterocycles. The molecule has 0 unspecified atom stereocenters. The van der Waals surface area contributed by atoms with Crippen molar-refractivity contribution in [1.82, 2.24) is 25.3 Å². The second-order valence-electron chi connectivity index (χ2n) is 6.81. The van der Waals surface area contributed by atoms with Gasteiger partial charge in [0.05, 0.1) is 25.5 Å². The van der Waals surface area contributed by atoms with Crippen LogP contribution < -0.4 is 5.32 Å². The standard InChI is InChI=1S/C19H23N5O3/c1-13(25)24-4-2-17-18-14(11-21-22-17)10-15(16(18)12-24)19(26)20-3-5-23-6-8-27-9-7-23/h2,4,10-11,21H,3,5-9,12H2,1H3,(H,20,26). The summed E-state index contributed by atoms with van der Waals surface area (Å²) in [6, 6.07) is 1.87. The van der Waals surface area contributed by atoms with E-state index < -0.39 is 0 Å². The van der Waals surface area contributed by atoms with Crippen LogP contribution in [-0.2, 0) is 16.1 Å². The molecule has 4 aliphatic rings. The molecule has 2 N–H and O–H groups in total. The van der Waals surface area contributed by atoms with Crippen molar-refractivity contribution in [2.24, 2.45) is 0 Å². The molecule has 142 valence electrons. The zero-order chi connectivity index (χ0) is 18.8. The molecule has 3 heterocycles. The van der Waals surface area contributed by atoms with E-state index in [1.54, 1.807) is 23.4 Å². The summed E-state index contributed by atoms with van der Waals surface area (Å²) in [6.07, 6.45) is 5.30. The van der Waals surface area contributed by atoms with E-state index in [-0.39, 0.29) is 11.8 Å². The van der Waals surface area contributed by atoms with E-state index in [9.17, 15) is 9.59 Å². The van der Waals surface area contributed by atoms with Crippen molar-refractivity contribution >= 4 is 17.9 Å². The number of carbonyl (C=O) groups is 2. The number of hydrogen-bond acceptors (Lipinski definition) is 5. The Morgan fingerprint density at radius 1 is 1.33 bits per heavy atom. The third-order valence-corrected chi connectivity index (χ3v) is 5.08. The van der Waals surface area contributed by atoms with Crippen molar-refractivity contribution in [3.63, 3.8) is 0 Å². The molecule has 8 nitrogen and oxygen atoms in total. The molecule has 4 rings (SSSR count). The number of H-pyrrole nitrogens is 1. The number of ether oxygens (including phenoxy) is 1. The molecule has 1 aliphatic carbocycles. The third kappa shape index (κ3) is 3.58. The van der Waals surface area contributed by atoms with Crippen molar-refractivity contribution < 1.29 is 14.3 Å². The molecule has 0 atom stereocenters. The van der Waals surface area contributed by atoms with E-state index in [1.165, 1.54) is 6.92 Å². The van der Waals surface area contributed by atoms with Crippen LogP contribution in [0.15, 0.2) is 18.5 Å². The first-order valence-corrected chi connectivity index (χ1v) is 9.16. The maximum absolute atomic E-state index is 12.9. The Labute approximate surface area is 157 Å². The fraction of sp³-hybridized carbons (Fsp3) is 0.421. The van der Waals surface area contributed by atoms with Crippen molar-refractivity contribution in [2.75, 3.05) is 39.4 Å². The molecule has 27 heavy (non-hydrogen) atoms. The van der Waals surface area contributed by atoms with E-state index in [4.69, 9.17) is 4.74 Å². The van der Waals surface area contributed by atoms with Crippen LogP contribution in [0.3, 0.4) is 0 Å². The van der Waals surface area contributed by atoms with Crippen LogP contribution in [0.5, 0.6) is 0 Å². The van der Waals surface area contributed by atoms with Gasteiger partial charge in [0.15, 0.2) is 0 Å². The number of aromatic amines is 1. The number of morpholine rings is 1. The van der Waals surface area contributed by atoms with Crippen LogP contribution in [0.2, 0.25) is 0 Å². The highest BCUT2D eigenvalue weighted by atomic mass is 16.5. The number of amides is 2. The van der Waals surface area contributed by atoms with Gasteiger partial charge >= 0.3 is 0 Å². The maximum Gasteiger partial charge on any atom is 0.251 e. The molecule has 0 aromatic rings. The lowest BCUT2D eigenvalue weighted by molar-refractivity contribution is -0.126. The molecule has 0 radical (unpaired) electrons. The van der Waals surface area contributed by atoms with Crippen molar-refractivity contribution in [3.05, 3.63) is 35.3 Å². The maximum atomic E-state index is 12.9. The summed E-state index contributed by atoms with van der Waals surface area (Å²) >= 11 is 0. The van der Waals surface area contributed by atoms with Crippen LogP contribution >= 0.6 is 0 Å². The highest BCUT2D eigenvalue weighted by Gasteiger charge is 2.27. The summed E-state index contributed by atoms with van der Waals surface area (Å²) in [5.41, 5.74) is 4.02. The van der Waals surface area contributed by atoms with Crippen LogP contribution in [0.4, 0.5) is 0 Å². The van der Waals surface area contributed by atoms with Gasteiger partial charge in [-0.05, 0) is 17.7 Å². The Hall–Kier alpha value is -2.71. The first-order chi connectivity index (χ1) is 13.1. The topological polar surface area (TPSA) is 90.6 Å². The van der Waals surface area contributed by atoms with Crippen LogP contribution in [0.1, 0.15) is 28.5 Å². The quantitative estimate of drug-likeness (QED) is 0.836. The summed E-state index contributed by atoms with van der Waals surface area (Å²) in [5, 5.41) is 10.2. The molecule has 0 saturated carbocycles. The Kier molecular flexibility index (Phi) is 4.91. The third-order valence-electron chi connectivity index (χ3n) is 5.08. The molecular weight excluding hydrogens is 346 g/mol. The SMILES string of the molecule is CC(=O)N1C=Cc2n[nH]cc3cc(C(=O)NCCN4CCOCC4)c(c2-3)C1. The molecule has 0 aromatic carbocycles. The number of hydrogen-bond donors (Lipinski definition) is 2. The predicted molar refractivity (Wildman–Crippen MR) is 100 cm³/mol. The lowest BCUT2D eigenvalue weighted by Gasteiger charge is -2.26. The molecule has 2 amide bonds. The Morgan fingerprint density at radius 2 is 2.15 bits per heavy atom. The van der Waals surface area contributed by atoms with Crippen molar-refractivity contribution in [3.8, 4) is 11.1 Å². The largest absolute Gasteiger partial charge is 0.379 e. The number of nitrogens with one attached hydrogen (secondary N) is 2. The number of aromatic nitrogens is 2. The first-order valence-electron chi connectivity index (χ1n) is 9.16. The summed E-state index contributed by atoms with van der Waals surface area (Å²) in [6.45, 7) is 6.52. The normalized spacial score (nSPS) is 17.1. The minimum absolute atomic E-state index is 0.0731. The Morgan fingerprint density at radius 3 is 2.93 bits per heavy atom. The van der Waals surface area contributed by atoms with Gasteiger partial charge in [0.25, 0.3) is 5.91 Å². The highest BCUT2D eigenvalue weighted by Crippen LogP contribution is 2.36. The molecule has 0 bridgehead atoms. The van der Waals surface area contributed by atoms with Gasteiger partial charge in [-0.15, -0.1) is 0 Å². The molecule has 0 spiro atoms. The molecule has 1 saturated heterocycles. The smallest absolute Gasteiger partial charge is 0.251 e. The van der Waals surface area contributed by atoms with Crippen molar-refractivity contribution in [2.45, 2.75) is 13.5 Å². The van der Waals surface area contributed by atoms with E-state index >= 15 is 0 Å². The molecule has 8 heteroatoms. The van der Waals surface area contributed by atoms with Gasteiger partial charge in [-0.3, -0.25) is 19.6 Å². The lowest BCUT2D eigenvalue weighted by atomic mass is 10.1. The molecule has 1 fully saturated rings. The molecular formula is C19H23N5O3.